The van der Waals surface area contributed by atoms with Crippen molar-refractivity contribution in [2.24, 2.45) is 0 Å². The van der Waals surface area contributed by atoms with Crippen LogP contribution in [0.25, 0.3) is 0 Å². The standard InChI is InChI=1S/2C5H5.ClHO4.Co/c2*1-2-4-5-3-1;2-1(3,4)5;/h2*1-3H,4H2;(H,2,3,4,5);. The van der Waals surface area contributed by atoms with Gasteiger partial charge in [0.15, 0.2) is 0 Å². The Hall–Kier alpha value is -0.404. The molecule has 6 heteroatoms. The van der Waals surface area contributed by atoms with Gasteiger partial charge in [0, 0.05) is 0 Å². The summed E-state index contributed by atoms with van der Waals surface area (Å²) in [5, 5.41) is 0. The second-order valence-corrected chi connectivity index (χ2v) is 5.30. The molecule has 0 saturated heterocycles. The molecule has 1 N–H and O–H groups in total. The Balaban J connectivity index is 0.000000221. The molecule has 2 aliphatic rings. The number of hydrogen-bond acceptors (Lipinski definition) is 4. The van der Waals surface area contributed by atoms with Crippen LogP contribution in [0.3, 0.4) is 0 Å². The van der Waals surface area contributed by atoms with E-state index in [1.54, 1.807) is 0 Å². The van der Waals surface area contributed by atoms with Gasteiger partial charge < -0.3 is 0 Å². The van der Waals surface area contributed by atoms with Crippen molar-refractivity contribution in [2.45, 2.75) is 12.8 Å². The first kappa shape index (κ1) is 13.7. The molecule has 0 bridgehead atoms. The Morgan fingerprint density at radius 3 is 1.62 bits per heavy atom. The van der Waals surface area contributed by atoms with Crippen molar-refractivity contribution < 1.29 is 43.6 Å². The molecule has 0 unspecified atom stereocenters. The summed E-state index contributed by atoms with van der Waals surface area (Å²) >= 11 is 1.45. The quantitative estimate of drug-likeness (QED) is 0.679. The SMILES string of the molecule is C1=CC[C]([Co][C]2=CC=CC2)=C1.[O-][Cl+3]([O-])([O-])O. The Morgan fingerprint density at radius 1 is 1.00 bits per heavy atom. The van der Waals surface area contributed by atoms with Crippen molar-refractivity contribution in [3.63, 3.8) is 0 Å². The van der Waals surface area contributed by atoms with E-state index in [-0.39, 0.29) is 0 Å². The third-order valence-corrected chi connectivity index (χ3v) is 3.07. The fraction of sp³-hybridized carbons (Fsp3) is 0.200. The molecule has 0 radical (unpaired) electrons. The molecule has 0 amide bonds. The molecule has 0 aliphatic heterocycles. The summed E-state index contributed by atoms with van der Waals surface area (Å²) in [5.74, 6) is 0. The van der Waals surface area contributed by atoms with Gasteiger partial charge in [-0.1, -0.05) is 0 Å². The van der Waals surface area contributed by atoms with Crippen molar-refractivity contribution in [3.05, 3.63) is 45.5 Å². The average molecular weight is 290 g/mol. The molecule has 0 saturated carbocycles. The molecule has 91 valence electrons. The van der Waals surface area contributed by atoms with Crippen molar-refractivity contribution in [3.8, 4) is 0 Å². The van der Waals surface area contributed by atoms with E-state index in [2.05, 4.69) is 36.5 Å². The van der Waals surface area contributed by atoms with Gasteiger partial charge >= 0.3 is 73.0 Å². The van der Waals surface area contributed by atoms with Gasteiger partial charge in [-0.2, -0.15) is 14.0 Å². The van der Waals surface area contributed by atoms with E-state index >= 15 is 0 Å². The van der Waals surface area contributed by atoms with E-state index in [0.29, 0.717) is 0 Å². The predicted molar refractivity (Wildman–Crippen MR) is 45.9 cm³/mol. The maximum Gasteiger partial charge on any atom is 0.0777 e. The summed E-state index contributed by atoms with van der Waals surface area (Å²) < 4.78 is 35.8. The van der Waals surface area contributed by atoms with Crippen molar-refractivity contribution in [1.82, 2.24) is 0 Å². The maximum absolute atomic E-state index is 8.60. The van der Waals surface area contributed by atoms with Gasteiger partial charge in [-0.05, 0) is 0 Å². The van der Waals surface area contributed by atoms with Crippen LogP contribution in [-0.4, -0.2) is 4.66 Å². The number of hydrogen-bond donors (Lipinski definition) is 1. The normalized spacial score (nSPS) is 18.2. The Kier molecular flexibility index (Phi) is 5.43. The number of halogens is 1. The van der Waals surface area contributed by atoms with E-state index in [1.165, 1.54) is 23.7 Å². The minimum absolute atomic E-state index is 1.15. The zero-order chi connectivity index (χ0) is 12.0. The molecule has 0 aromatic carbocycles. The molecule has 0 atom stereocenters. The maximum atomic E-state index is 8.60. The fourth-order valence-corrected chi connectivity index (χ4v) is 2.35. The van der Waals surface area contributed by atoms with Gasteiger partial charge in [0.2, 0.25) is 0 Å². The molecule has 0 aromatic heterocycles. The predicted octanol–water partition coefficient (Wildman–Crippen LogP) is -1.37. The summed E-state index contributed by atoms with van der Waals surface area (Å²) in [7, 11) is -4.69. The summed E-state index contributed by atoms with van der Waals surface area (Å²) in [6, 6.07) is 0. The van der Waals surface area contributed by atoms with Crippen LogP contribution in [0.2, 0.25) is 0 Å². The molecule has 0 heterocycles. The third kappa shape index (κ3) is 6.97. The van der Waals surface area contributed by atoms with Crippen molar-refractivity contribution in [1.29, 1.82) is 0 Å². The number of rotatable bonds is 2. The summed E-state index contributed by atoms with van der Waals surface area (Å²) in [6.45, 7) is 0. The molecule has 2 rings (SSSR count). The van der Waals surface area contributed by atoms with Gasteiger partial charge in [-0.25, -0.2) is 0 Å². The smallest absolute Gasteiger partial charge is 0.0777 e. The van der Waals surface area contributed by atoms with Crippen LogP contribution < -0.4 is 14.0 Å². The van der Waals surface area contributed by atoms with Crippen molar-refractivity contribution in [2.75, 3.05) is 0 Å². The largest absolute Gasteiger partial charge is 0.183 e. The van der Waals surface area contributed by atoms with Gasteiger partial charge in [0.25, 0.3) is 0 Å². The Bertz CT molecular complexity index is 318. The average Bonchev–Trinajstić information content (AvgIpc) is 2.74. The van der Waals surface area contributed by atoms with E-state index in [9.17, 15) is 0 Å². The van der Waals surface area contributed by atoms with Gasteiger partial charge in [0.05, 0.1) is 14.9 Å². The van der Waals surface area contributed by atoms with Crippen LogP contribution in [0.4, 0.5) is 0 Å². The van der Waals surface area contributed by atoms with Crippen LogP contribution in [0.1, 0.15) is 12.8 Å². The summed E-state index contributed by atoms with van der Waals surface area (Å²) in [5.41, 5.74) is 0. The summed E-state index contributed by atoms with van der Waals surface area (Å²) in [4.78, 5) is 0. The fourth-order valence-electron chi connectivity index (χ4n) is 1.08. The van der Waals surface area contributed by atoms with Gasteiger partial charge in [0.1, 0.15) is 0 Å². The van der Waals surface area contributed by atoms with E-state index in [1.807, 2.05) is 0 Å². The van der Waals surface area contributed by atoms with E-state index in [0.717, 1.165) is 12.8 Å². The third-order valence-electron chi connectivity index (χ3n) is 1.63. The second kappa shape index (κ2) is 6.36. The second-order valence-electron chi connectivity index (χ2n) is 2.91. The van der Waals surface area contributed by atoms with Crippen LogP contribution in [0.5, 0.6) is 0 Å². The minimum atomic E-state index is -4.69. The molecule has 0 aromatic rings. The van der Waals surface area contributed by atoms with E-state index in [4.69, 9.17) is 18.6 Å². The zero-order valence-corrected chi connectivity index (χ0v) is 10.1. The minimum Gasteiger partial charge on any atom is -0.183 e. The monoisotopic (exact) mass is 289 g/mol. The molecular weight excluding hydrogens is 278 g/mol. The molecule has 0 fully saturated rings. The molecule has 16 heavy (non-hydrogen) atoms. The van der Waals surface area contributed by atoms with Crippen molar-refractivity contribution >= 4 is 0 Å². The van der Waals surface area contributed by atoms with E-state index < -0.39 is 10.2 Å². The van der Waals surface area contributed by atoms with Gasteiger partial charge in [-0.3, -0.25) is 0 Å². The topological polar surface area (TPSA) is 89.4 Å². The molecule has 2 aliphatic carbocycles. The van der Waals surface area contributed by atoms with Crippen LogP contribution >= 0.6 is 0 Å². The van der Waals surface area contributed by atoms with Crippen LogP contribution in [0, 0.1) is 10.2 Å². The number of allylic oxidation sites excluding steroid dienone is 8. The first-order valence-electron chi connectivity index (χ1n) is 4.40. The van der Waals surface area contributed by atoms with Crippen LogP contribution in [0.15, 0.2) is 45.5 Å². The van der Waals surface area contributed by atoms with Crippen LogP contribution in [-0.2, 0) is 14.7 Å². The molecular formula is C10H11ClCoO4. The Morgan fingerprint density at radius 2 is 1.38 bits per heavy atom. The first-order valence-corrected chi connectivity index (χ1v) is 6.70. The first-order chi connectivity index (χ1) is 7.45. The molecule has 0 spiro atoms. The zero-order valence-electron chi connectivity index (χ0n) is 8.26. The molecule has 4 nitrogen and oxygen atoms in total. The summed E-state index contributed by atoms with van der Waals surface area (Å²) in [6.07, 6.45) is 15.5. The van der Waals surface area contributed by atoms with Gasteiger partial charge in [-0.15, -0.1) is 0 Å². The Labute approximate surface area is 102 Å².